The van der Waals surface area contributed by atoms with Crippen LogP contribution in [0, 0.1) is 0 Å². The van der Waals surface area contributed by atoms with Gasteiger partial charge in [0.25, 0.3) is 0 Å². The SMILES string of the molecule is O=CC(CF)c1ccc(Br)cc1. The van der Waals surface area contributed by atoms with Crippen molar-refractivity contribution in [3.05, 3.63) is 34.3 Å². The molecule has 0 spiro atoms. The summed E-state index contributed by atoms with van der Waals surface area (Å²) in [6, 6.07) is 7.06. The minimum atomic E-state index is -0.634. The predicted molar refractivity (Wildman–Crippen MR) is 48.9 cm³/mol. The van der Waals surface area contributed by atoms with Gasteiger partial charge in [-0.2, -0.15) is 0 Å². The summed E-state index contributed by atoms with van der Waals surface area (Å²) in [5, 5.41) is 0. The van der Waals surface area contributed by atoms with Crippen LogP contribution in [-0.2, 0) is 4.79 Å². The second kappa shape index (κ2) is 4.36. The molecule has 0 heterocycles. The van der Waals surface area contributed by atoms with Crippen LogP contribution in [0.15, 0.2) is 28.7 Å². The molecule has 0 saturated carbocycles. The van der Waals surface area contributed by atoms with Gasteiger partial charge in [-0.05, 0) is 17.7 Å². The summed E-state index contributed by atoms with van der Waals surface area (Å²) in [6.45, 7) is -0.634. The molecule has 0 aliphatic heterocycles. The number of benzene rings is 1. The lowest BCUT2D eigenvalue weighted by molar-refractivity contribution is -0.109. The number of aldehydes is 1. The van der Waals surface area contributed by atoms with Crippen LogP contribution in [-0.4, -0.2) is 13.0 Å². The fourth-order valence-corrected chi connectivity index (χ4v) is 1.18. The molecule has 1 unspecified atom stereocenters. The van der Waals surface area contributed by atoms with Gasteiger partial charge in [-0.15, -0.1) is 0 Å². The van der Waals surface area contributed by atoms with Gasteiger partial charge < -0.3 is 4.79 Å². The maximum Gasteiger partial charge on any atom is 0.130 e. The first-order valence-corrected chi connectivity index (χ1v) is 4.34. The van der Waals surface area contributed by atoms with Gasteiger partial charge in [-0.25, -0.2) is 4.39 Å². The number of carbonyl (C=O) groups excluding carboxylic acids is 1. The second-order valence-corrected chi connectivity index (χ2v) is 3.36. The van der Waals surface area contributed by atoms with E-state index in [1.54, 1.807) is 24.3 Å². The first kappa shape index (κ1) is 9.39. The molecule has 1 aromatic rings. The van der Waals surface area contributed by atoms with Gasteiger partial charge in [0.05, 0.1) is 5.92 Å². The van der Waals surface area contributed by atoms with Gasteiger partial charge in [0.15, 0.2) is 0 Å². The number of halogens is 2. The van der Waals surface area contributed by atoms with Crippen molar-refractivity contribution < 1.29 is 9.18 Å². The smallest absolute Gasteiger partial charge is 0.130 e. The number of hydrogen-bond donors (Lipinski definition) is 0. The Morgan fingerprint density at radius 1 is 1.42 bits per heavy atom. The summed E-state index contributed by atoms with van der Waals surface area (Å²) in [7, 11) is 0. The Kier molecular flexibility index (Phi) is 3.41. The molecule has 0 aromatic heterocycles. The van der Waals surface area contributed by atoms with Crippen LogP contribution in [0.3, 0.4) is 0 Å². The Bertz CT molecular complexity index is 258. The van der Waals surface area contributed by atoms with E-state index in [1.165, 1.54) is 0 Å². The van der Waals surface area contributed by atoms with E-state index in [9.17, 15) is 9.18 Å². The summed E-state index contributed by atoms with van der Waals surface area (Å²) in [6.07, 6.45) is 0.628. The molecule has 12 heavy (non-hydrogen) atoms. The molecule has 3 heteroatoms. The largest absolute Gasteiger partial charge is 0.303 e. The lowest BCUT2D eigenvalue weighted by Crippen LogP contribution is -2.01. The highest BCUT2D eigenvalue weighted by Gasteiger charge is 2.08. The summed E-state index contributed by atoms with van der Waals surface area (Å²) < 4.78 is 13.1. The lowest BCUT2D eigenvalue weighted by atomic mass is 10.0. The quantitative estimate of drug-likeness (QED) is 0.731. The van der Waals surface area contributed by atoms with Crippen molar-refractivity contribution in [2.45, 2.75) is 5.92 Å². The van der Waals surface area contributed by atoms with Crippen molar-refractivity contribution >= 4 is 22.2 Å². The Morgan fingerprint density at radius 2 is 2.00 bits per heavy atom. The summed E-state index contributed by atoms with van der Waals surface area (Å²) in [5.74, 6) is -0.613. The Balaban J connectivity index is 2.87. The molecule has 1 aromatic carbocycles. The molecular formula is C9H8BrFO. The summed E-state index contributed by atoms with van der Waals surface area (Å²) >= 11 is 3.26. The predicted octanol–water partition coefficient (Wildman–Crippen LogP) is 2.70. The van der Waals surface area contributed by atoms with Crippen LogP contribution >= 0.6 is 15.9 Å². The van der Waals surface area contributed by atoms with Crippen molar-refractivity contribution in [1.29, 1.82) is 0 Å². The fraction of sp³-hybridized carbons (Fsp3) is 0.222. The maximum absolute atomic E-state index is 12.2. The Labute approximate surface area is 78.7 Å². The minimum Gasteiger partial charge on any atom is -0.303 e. The molecule has 0 aliphatic carbocycles. The van der Waals surface area contributed by atoms with Gasteiger partial charge in [0, 0.05) is 4.47 Å². The zero-order chi connectivity index (χ0) is 8.97. The molecule has 1 nitrogen and oxygen atoms in total. The molecule has 0 bridgehead atoms. The van der Waals surface area contributed by atoms with Crippen molar-refractivity contribution in [3.63, 3.8) is 0 Å². The van der Waals surface area contributed by atoms with Crippen LogP contribution in [0.25, 0.3) is 0 Å². The minimum absolute atomic E-state index is 0.613. The van der Waals surface area contributed by atoms with Crippen LogP contribution < -0.4 is 0 Å². The lowest BCUT2D eigenvalue weighted by Gasteiger charge is -2.04. The average molecular weight is 231 g/mol. The highest BCUT2D eigenvalue weighted by atomic mass is 79.9. The van der Waals surface area contributed by atoms with Gasteiger partial charge in [-0.1, -0.05) is 28.1 Å². The monoisotopic (exact) mass is 230 g/mol. The van der Waals surface area contributed by atoms with Crippen LogP contribution in [0.5, 0.6) is 0 Å². The first-order valence-electron chi connectivity index (χ1n) is 3.54. The summed E-state index contributed by atoms with van der Waals surface area (Å²) in [5.41, 5.74) is 0.718. The molecule has 0 aliphatic rings. The normalized spacial score (nSPS) is 12.5. The highest BCUT2D eigenvalue weighted by molar-refractivity contribution is 9.10. The molecule has 64 valence electrons. The highest BCUT2D eigenvalue weighted by Crippen LogP contribution is 2.17. The second-order valence-electron chi connectivity index (χ2n) is 2.45. The van der Waals surface area contributed by atoms with E-state index in [2.05, 4.69) is 15.9 Å². The van der Waals surface area contributed by atoms with E-state index in [0.717, 1.165) is 10.0 Å². The third-order valence-corrected chi connectivity index (χ3v) is 2.16. The van der Waals surface area contributed by atoms with Gasteiger partial charge in [0.1, 0.15) is 13.0 Å². The molecule has 1 rings (SSSR count). The molecule has 1 atom stereocenters. The fourth-order valence-electron chi connectivity index (χ4n) is 0.914. The van der Waals surface area contributed by atoms with E-state index < -0.39 is 12.6 Å². The average Bonchev–Trinajstić information content (AvgIpc) is 2.10. The number of alkyl halides is 1. The van der Waals surface area contributed by atoms with Crippen molar-refractivity contribution in [2.24, 2.45) is 0 Å². The topological polar surface area (TPSA) is 17.1 Å². The Hall–Kier alpha value is -0.700. The van der Waals surface area contributed by atoms with Crippen LogP contribution in [0.1, 0.15) is 11.5 Å². The van der Waals surface area contributed by atoms with Crippen molar-refractivity contribution in [2.75, 3.05) is 6.67 Å². The zero-order valence-electron chi connectivity index (χ0n) is 6.34. The maximum atomic E-state index is 12.2. The molecule has 0 saturated heterocycles. The van der Waals surface area contributed by atoms with E-state index in [-0.39, 0.29) is 0 Å². The van der Waals surface area contributed by atoms with Crippen molar-refractivity contribution in [1.82, 2.24) is 0 Å². The third kappa shape index (κ3) is 2.14. The molecule has 0 amide bonds. The summed E-state index contributed by atoms with van der Waals surface area (Å²) in [4.78, 5) is 10.4. The van der Waals surface area contributed by atoms with Gasteiger partial charge in [-0.3, -0.25) is 0 Å². The van der Waals surface area contributed by atoms with Crippen LogP contribution in [0.2, 0.25) is 0 Å². The number of hydrogen-bond acceptors (Lipinski definition) is 1. The third-order valence-electron chi connectivity index (χ3n) is 1.63. The number of rotatable bonds is 3. The molecule has 0 radical (unpaired) electrons. The van der Waals surface area contributed by atoms with E-state index in [1.807, 2.05) is 0 Å². The van der Waals surface area contributed by atoms with E-state index >= 15 is 0 Å². The van der Waals surface area contributed by atoms with Crippen LogP contribution in [0.4, 0.5) is 4.39 Å². The first-order chi connectivity index (χ1) is 5.77. The molecular weight excluding hydrogens is 223 g/mol. The zero-order valence-corrected chi connectivity index (χ0v) is 7.92. The van der Waals surface area contributed by atoms with E-state index in [4.69, 9.17) is 0 Å². The van der Waals surface area contributed by atoms with Crippen molar-refractivity contribution in [3.8, 4) is 0 Å². The van der Waals surface area contributed by atoms with Gasteiger partial charge >= 0.3 is 0 Å². The van der Waals surface area contributed by atoms with Gasteiger partial charge in [0.2, 0.25) is 0 Å². The van der Waals surface area contributed by atoms with E-state index in [0.29, 0.717) is 6.29 Å². The molecule has 0 N–H and O–H groups in total. The standard InChI is InChI=1S/C9H8BrFO/c10-9-3-1-7(2-4-9)8(5-11)6-12/h1-4,6,8H,5H2. The Morgan fingerprint density at radius 3 is 2.42 bits per heavy atom. The molecule has 0 fully saturated rings. The number of carbonyl (C=O) groups is 1.